The van der Waals surface area contributed by atoms with Crippen LogP contribution in [0.25, 0.3) is 0 Å². The zero-order valence-electron chi connectivity index (χ0n) is 39.0. The van der Waals surface area contributed by atoms with Gasteiger partial charge >= 0.3 is 121 Å². The molecule has 73 heavy (non-hydrogen) atoms. The Morgan fingerprint density at radius 2 is 0.973 bits per heavy atom. The van der Waals surface area contributed by atoms with E-state index in [0.29, 0.717) is 61.7 Å². The molecule has 6 aliphatic heterocycles. The van der Waals surface area contributed by atoms with E-state index in [-0.39, 0.29) is 186 Å². The Balaban J connectivity index is 0. The summed E-state index contributed by atoms with van der Waals surface area (Å²) in [6.45, 7) is -0.181. The van der Waals surface area contributed by atoms with Gasteiger partial charge in [0.15, 0.2) is 0 Å². The number of benzene rings is 3. The molecule has 28 heteroatoms. The molecular weight excluding hydrogens is 1050 g/mol. The first-order valence-electron chi connectivity index (χ1n) is 21.3. The molecule has 3 saturated carbocycles. The molecule has 0 aromatic heterocycles. The number of alkyl halides is 9. The standard InChI is InChI=1S/C14H13F3N2O3.C14H15F3N2O.C7H3F4NO2.C7H11NO.CH2O3.2CH4.2K.H2.H/c15-14(16,17)11-7-10(19(21)22)5-6-12(11)18-9-3-1-8(2-4-9)13(18)20;15-14(16,17)11-7-9(18)3-6-12(11)19-10-4-1-8(2-5-10)13(19)20;8-6-2-1-4(12(13)14)3-5(6)7(9,10)11;9-7-5-1-3-6(8-7)4-2-5;2-1-4-3;;;;;;/h5-9H,1-4H2;3,6-8,10H,1-2,4-5,18H2;1-3H;5-6H,1-4H2,(H,8,9);1,3H;2*1H4;;;1H;/q;;;;;;;2*+1;;-1/p-1. The van der Waals surface area contributed by atoms with E-state index < -0.39 is 62.3 Å². The van der Waals surface area contributed by atoms with E-state index in [1.54, 1.807) is 0 Å². The van der Waals surface area contributed by atoms with Crippen molar-refractivity contribution in [2.24, 2.45) is 17.8 Å². The van der Waals surface area contributed by atoms with Crippen LogP contribution in [0.1, 0.15) is 111 Å². The number of anilines is 3. The summed E-state index contributed by atoms with van der Waals surface area (Å²) >= 11 is 0. The van der Waals surface area contributed by atoms with Crippen LogP contribution >= 0.6 is 0 Å². The summed E-state index contributed by atoms with van der Waals surface area (Å²) in [6.07, 6.45) is -3.60. The third-order valence-electron chi connectivity index (χ3n) is 12.6. The maximum atomic E-state index is 13.3. The summed E-state index contributed by atoms with van der Waals surface area (Å²) in [7, 11) is 0. The molecule has 6 heterocycles. The molecule has 16 nitrogen and oxygen atoms in total. The number of nitrogens with one attached hydrogen (secondary N) is 1. The Bertz CT molecular complexity index is 2410. The second-order valence-electron chi connectivity index (χ2n) is 16.8. The largest absolute Gasteiger partial charge is 1.00 e. The number of piperidine rings is 6. The molecule has 9 fully saturated rings. The van der Waals surface area contributed by atoms with Crippen molar-refractivity contribution in [1.29, 1.82) is 0 Å². The van der Waals surface area contributed by atoms with Crippen molar-refractivity contribution in [1.82, 2.24) is 5.32 Å². The van der Waals surface area contributed by atoms with Crippen molar-refractivity contribution in [3.8, 4) is 0 Å². The molecule has 3 N–H and O–H groups in total. The van der Waals surface area contributed by atoms with Crippen LogP contribution in [0.2, 0.25) is 0 Å². The van der Waals surface area contributed by atoms with Gasteiger partial charge in [0.05, 0.1) is 37.9 Å². The Labute approximate surface area is 500 Å². The summed E-state index contributed by atoms with van der Waals surface area (Å²) in [5.74, 6) is -1.69. The zero-order chi connectivity index (χ0) is 51.2. The maximum Gasteiger partial charge on any atom is 1.00 e. The van der Waals surface area contributed by atoms with Gasteiger partial charge in [-0.15, -0.1) is 0 Å². The maximum absolute atomic E-state index is 13.3. The molecule has 12 rings (SSSR count). The molecule has 3 aromatic carbocycles. The molecular formula is C45H54F10K2N6O10. The van der Waals surface area contributed by atoms with Crippen LogP contribution in [-0.2, 0) is 42.6 Å². The van der Waals surface area contributed by atoms with Crippen molar-refractivity contribution < 1.29 is 189 Å². The van der Waals surface area contributed by atoms with Gasteiger partial charge in [0.1, 0.15) is 5.82 Å². The van der Waals surface area contributed by atoms with Gasteiger partial charge in [0.2, 0.25) is 17.7 Å². The molecule has 3 aromatic rings. The van der Waals surface area contributed by atoms with Gasteiger partial charge in [0.25, 0.3) is 17.8 Å². The molecule has 6 bridgehead atoms. The molecule has 0 radical (unpaired) electrons. The normalized spacial score (nSPS) is 22.1. The first kappa shape index (κ1) is 67.7. The fraction of sp³-hybridized carbons (Fsp3) is 0.511. The van der Waals surface area contributed by atoms with E-state index in [0.717, 1.165) is 56.7 Å². The number of nitrogens with zero attached hydrogens (tertiary/aromatic N) is 4. The van der Waals surface area contributed by atoms with Gasteiger partial charge in [-0.1, -0.05) is 14.9 Å². The van der Waals surface area contributed by atoms with Crippen LogP contribution in [0.15, 0.2) is 54.6 Å². The molecule has 3 aliphatic carbocycles. The van der Waals surface area contributed by atoms with Gasteiger partial charge in [-0.25, -0.2) is 4.39 Å². The average molecular weight is 1110 g/mol. The molecule has 3 amide bonds. The second-order valence-corrected chi connectivity index (χ2v) is 16.8. The predicted molar refractivity (Wildman–Crippen MR) is 236 cm³/mol. The Morgan fingerprint density at radius 3 is 1.29 bits per heavy atom. The minimum absolute atomic E-state index is 0. The van der Waals surface area contributed by atoms with Crippen LogP contribution in [0.4, 0.5) is 72.3 Å². The van der Waals surface area contributed by atoms with E-state index in [2.05, 4.69) is 10.2 Å². The summed E-state index contributed by atoms with van der Waals surface area (Å²) in [4.78, 5) is 68.3. The predicted octanol–water partition coefficient (Wildman–Crippen LogP) is 4.21. The number of amides is 3. The third-order valence-corrected chi connectivity index (χ3v) is 12.6. The van der Waals surface area contributed by atoms with Crippen molar-refractivity contribution in [2.75, 3.05) is 15.5 Å². The van der Waals surface area contributed by atoms with Crippen LogP contribution in [0.3, 0.4) is 0 Å². The molecule has 9 aliphatic rings. The number of halogens is 10. The van der Waals surface area contributed by atoms with Crippen LogP contribution < -0.4 is 129 Å². The average Bonchev–Trinajstić information content (AvgIpc) is 3.30. The molecule has 0 spiro atoms. The number of carbonyl (C=O) groups is 4. The number of fused-ring (bicyclic) bond motifs is 9. The van der Waals surface area contributed by atoms with Crippen LogP contribution in [0.5, 0.6) is 0 Å². The first-order valence-corrected chi connectivity index (χ1v) is 21.3. The number of carbonyl (C=O) groups excluding carboxylic acids is 4. The van der Waals surface area contributed by atoms with E-state index in [4.69, 9.17) is 15.8 Å². The van der Waals surface area contributed by atoms with Gasteiger partial charge in [-0.3, -0.25) is 39.4 Å². The third kappa shape index (κ3) is 17.3. The SMILES string of the molecule is C.C.Nc1ccc(N2C(=O)C3CCC2CC3)c(C(F)(F)F)c1.O=C1C2CCC(CC2)N1c1ccc([N+](=O)[O-])cc1C(F)(F)F.O=C1NC2CCC1CC2.O=CO[O-].O=[N+]([O-])c1ccc(F)c(C(F)(F)F)c1.[H-].[HH].[K+].[K+]. The topological polar surface area (TPSA) is 231 Å². The summed E-state index contributed by atoms with van der Waals surface area (Å²) in [5, 5.41) is 32.2. The monoisotopic (exact) mass is 1110 g/mol. The number of nitrogen functional groups attached to an aromatic ring is 1. The fourth-order valence-corrected chi connectivity index (χ4v) is 9.27. The number of nitrogens with two attached hydrogens (primary N) is 1. The van der Waals surface area contributed by atoms with Gasteiger partial charge < -0.3 is 32.4 Å². The van der Waals surface area contributed by atoms with E-state index >= 15 is 0 Å². The van der Waals surface area contributed by atoms with Gasteiger partial charge in [-0.2, -0.15) is 39.5 Å². The summed E-state index contributed by atoms with van der Waals surface area (Å²) < 4.78 is 128. The number of nitro benzene ring substituents is 2. The van der Waals surface area contributed by atoms with Gasteiger partial charge in [-0.05, 0) is 107 Å². The van der Waals surface area contributed by atoms with Crippen molar-refractivity contribution in [3.63, 3.8) is 0 Å². The van der Waals surface area contributed by atoms with E-state index in [1.807, 2.05) is 0 Å². The quantitative estimate of drug-likeness (QED) is 0.0699. The van der Waals surface area contributed by atoms with E-state index in [1.165, 1.54) is 34.8 Å². The number of nitro groups is 2. The van der Waals surface area contributed by atoms with E-state index in [9.17, 15) is 78.5 Å². The Morgan fingerprint density at radius 1 is 0.616 bits per heavy atom. The first-order chi connectivity index (χ1) is 32.3. The molecule has 6 saturated heterocycles. The second kappa shape index (κ2) is 28.7. The smallest absolute Gasteiger partial charge is 1.00 e. The van der Waals surface area contributed by atoms with Crippen molar-refractivity contribution in [3.05, 3.63) is 97.3 Å². The molecule has 0 atom stereocenters. The molecule has 396 valence electrons. The molecule has 0 unspecified atom stereocenters. The fourth-order valence-electron chi connectivity index (χ4n) is 9.27. The Kier molecular flexibility index (Phi) is 26.6. The summed E-state index contributed by atoms with van der Waals surface area (Å²) in [5.41, 5.74) is 0.194. The van der Waals surface area contributed by atoms with Crippen molar-refractivity contribution in [2.45, 2.75) is 129 Å². The number of non-ortho nitro benzene ring substituents is 2. The summed E-state index contributed by atoms with van der Waals surface area (Å²) in [6, 6.07) is 7.62. The minimum atomic E-state index is -4.92. The minimum Gasteiger partial charge on any atom is -1.00 e. The number of hydrogen-bond donors (Lipinski definition) is 2. The van der Waals surface area contributed by atoms with Crippen LogP contribution in [-0.4, -0.2) is 52.2 Å². The zero-order valence-corrected chi connectivity index (χ0v) is 44.2. The van der Waals surface area contributed by atoms with Gasteiger partial charge in [0, 0.05) is 67.3 Å². The van der Waals surface area contributed by atoms with Crippen LogP contribution in [0, 0.1) is 43.8 Å². The Hall–Kier alpha value is -3.33. The number of rotatable bonds is 5. The van der Waals surface area contributed by atoms with Crippen molar-refractivity contribution >= 4 is 52.6 Å². The number of hydrogen-bond acceptors (Lipinski definition) is 11.